The van der Waals surface area contributed by atoms with Crippen LogP contribution in [-0.4, -0.2) is 44.3 Å². The normalized spacial score (nSPS) is 19.0. The number of nitrogens with zero attached hydrogens (tertiary/aromatic N) is 1. The Bertz CT molecular complexity index is 777. The molecule has 0 spiro atoms. The number of nitrogens with one attached hydrogen (secondary N) is 2. The monoisotopic (exact) mass is 409 g/mol. The van der Waals surface area contributed by atoms with E-state index < -0.39 is 16.1 Å². The van der Waals surface area contributed by atoms with Gasteiger partial charge >= 0.3 is 0 Å². The molecule has 1 heterocycles. The molecule has 0 radical (unpaired) electrons. The van der Waals surface area contributed by atoms with Gasteiger partial charge in [-0.15, -0.1) is 0 Å². The number of amides is 2. The first-order valence-electron chi connectivity index (χ1n) is 9.91. The average Bonchev–Trinajstić information content (AvgIpc) is 2.86. The molecule has 1 aromatic rings. The average molecular weight is 410 g/mol. The predicted molar refractivity (Wildman–Crippen MR) is 109 cm³/mol. The van der Waals surface area contributed by atoms with Crippen molar-refractivity contribution in [3.8, 4) is 0 Å². The minimum Gasteiger partial charge on any atom is -0.341 e. The summed E-state index contributed by atoms with van der Waals surface area (Å²) in [5.41, 5.74) is 0.516. The van der Waals surface area contributed by atoms with E-state index in [9.17, 15) is 18.0 Å². The van der Waals surface area contributed by atoms with Gasteiger partial charge < -0.3 is 10.2 Å². The highest BCUT2D eigenvalue weighted by atomic mass is 32.2. The number of sulfonamides is 1. The van der Waals surface area contributed by atoms with Gasteiger partial charge in [0.1, 0.15) is 0 Å². The molecular weight excluding hydrogens is 378 g/mol. The Kier molecular flexibility index (Phi) is 8.00. The second-order valence-corrected chi connectivity index (χ2v) is 9.17. The summed E-state index contributed by atoms with van der Waals surface area (Å²) in [7, 11) is -3.83. The molecule has 0 aliphatic carbocycles. The summed E-state index contributed by atoms with van der Waals surface area (Å²) in [4.78, 5) is 25.7. The van der Waals surface area contributed by atoms with Crippen LogP contribution >= 0.6 is 0 Å². The highest BCUT2D eigenvalue weighted by Crippen LogP contribution is 2.22. The minimum atomic E-state index is -3.83. The van der Waals surface area contributed by atoms with E-state index in [2.05, 4.69) is 17.0 Å². The zero-order valence-electron chi connectivity index (χ0n) is 16.9. The second kappa shape index (κ2) is 10.0. The van der Waals surface area contributed by atoms with E-state index in [4.69, 9.17) is 0 Å². The van der Waals surface area contributed by atoms with Crippen molar-refractivity contribution >= 4 is 27.5 Å². The number of carbonyl (C=O) groups is 2. The highest BCUT2D eigenvalue weighted by Gasteiger charge is 2.27. The van der Waals surface area contributed by atoms with E-state index in [1.807, 2.05) is 0 Å². The topological polar surface area (TPSA) is 95.6 Å². The zero-order valence-corrected chi connectivity index (χ0v) is 17.7. The summed E-state index contributed by atoms with van der Waals surface area (Å²) in [5.74, 6) is 0.235. The molecule has 2 N–H and O–H groups in total. The quantitative estimate of drug-likeness (QED) is 0.724. The van der Waals surface area contributed by atoms with Gasteiger partial charge in [0.25, 0.3) is 0 Å². The summed E-state index contributed by atoms with van der Waals surface area (Å²) >= 11 is 0. The summed E-state index contributed by atoms with van der Waals surface area (Å²) < 4.78 is 27.7. The van der Waals surface area contributed by atoms with Crippen molar-refractivity contribution in [1.29, 1.82) is 0 Å². The number of benzene rings is 1. The van der Waals surface area contributed by atoms with Gasteiger partial charge in [0.05, 0.1) is 10.9 Å². The van der Waals surface area contributed by atoms with Gasteiger partial charge in [-0.3, -0.25) is 9.59 Å². The van der Waals surface area contributed by atoms with Crippen LogP contribution in [-0.2, 0) is 19.6 Å². The van der Waals surface area contributed by atoms with Crippen LogP contribution in [0.1, 0.15) is 52.9 Å². The second-order valence-electron chi connectivity index (χ2n) is 7.46. The number of likely N-dealkylation sites (tertiary alicyclic amines) is 1. The van der Waals surface area contributed by atoms with E-state index >= 15 is 0 Å². The summed E-state index contributed by atoms with van der Waals surface area (Å²) in [5, 5.41) is 2.59. The molecule has 2 amide bonds. The van der Waals surface area contributed by atoms with E-state index in [-0.39, 0.29) is 16.7 Å². The fourth-order valence-electron chi connectivity index (χ4n) is 3.63. The fourth-order valence-corrected chi connectivity index (χ4v) is 4.83. The van der Waals surface area contributed by atoms with Crippen molar-refractivity contribution in [2.75, 3.05) is 18.4 Å². The lowest BCUT2D eigenvalue weighted by atomic mass is 9.96. The number of hydrogen-bond donors (Lipinski definition) is 2. The van der Waals surface area contributed by atoms with Gasteiger partial charge in [0.2, 0.25) is 21.8 Å². The summed E-state index contributed by atoms with van der Waals surface area (Å²) in [6, 6.07) is 5.02. The van der Waals surface area contributed by atoms with Gasteiger partial charge in [0, 0.05) is 25.7 Å². The van der Waals surface area contributed by atoms with Crippen LogP contribution in [0.3, 0.4) is 0 Å². The third kappa shape index (κ3) is 6.31. The van der Waals surface area contributed by atoms with Crippen molar-refractivity contribution in [2.24, 2.45) is 5.92 Å². The molecule has 0 unspecified atom stereocenters. The van der Waals surface area contributed by atoms with E-state index in [0.717, 1.165) is 25.7 Å². The SMILES string of the molecule is CCC[C@@H]1CCCN(C(=O)[C@H](C)NS(=O)(=O)c2ccc(NC(C)=O)cc2)CC1. The van der Waals surface area contributed by atoms with E-state index in [1.165, 1.54) is 37.6 Å². The van der Waals surface area contributed by atoms with Crippen molar-refractivity contribution in [3.63, 3.8) is 0 Å². The Morgan fingerprint density at radius 2 is 1.86 bits per heavy atom. The van der Waals surface area contributed by atoms with Gasteiger partial charge in [0.15, 0.2) is 0 Å². The van der Waals surface area contributed by atoms with Gasteiger partial charge in [-0.05, 0) is 56.4 Å². The Balaban J connectivity index is 1.99. The van der Waals surface area contributed by atoms with Crippen molar-refractivity contribution in [3.05, 3.63) is 24.3 Å². The molecule has 1 aliphatic heterocycles. The van der Waals surface area contributed by atoms with Crippen molar-refractivity contribution in [1.82, 2.24) is 9.62 Å². The first kappa shape index (κ1) is 22.4. The molecule has 1 aliphatic rings. The Labute approximate surface area is 167 Å². The highest BCUT2D eigenvalue weighted by molar-refractivity contribution is 7.89. The van der Waals surface area contributed by atoms with E-state index in [0.29, 0.717) is 24.7 Å². The molecular formula is C20H31N3O4S. The smallest absolute Gasteiger partial charge is 0.241 e. The van der Waals surface area contributed by atoms with E-state index in [1.54, 1.807) is 11.8 Å². The molecule has 1 fully saturated rings. The van der Waals surface area contributed by atoms with Crippen LogP contribution in [0, 0.1) is 5.92 Å². The molecule has 0 aromatic heterocycles. The van der Waals surface area contributed by atoms with Crippen LogP contribution in [0.2, 0.25) is 0 Å². The molecule has 8 heteroatoms. The lowest BCUT2D eigenvalue weighted by Gasteiger charge is -2.25. The van der Waals surface area contributed by atoms with Crippen LogP contribution in [0.5, 0.6) is 0 Å². The van der Waals surface area contributed by atoms with Gasteiger partial charge in [-0.25, -0.2) is 8.42 Å². The Hall–Kier alpha value is -1.93. The maximum Gasteiger partial charge on any atom is 0.241 e. The summed E-state index contributed by atoms with van der Waals surface area (Å²) in [6.07, 6.45) is 5.39. The number of hydrogen-bond acceptors (Lipinski definition) is 4. The molecule has 156 valence electrons. The predicted octanol–water partition coefficient (Wildman–Crippen LogP) is 2.74. The van der Waals surface area contributed by atoms with Crippen LogP contribution in [0.25, 0.3) is 0 Å². The fraction of sp³-hybridized carbons (Fsp3) is 0.600. The summed E-state index contributed by atoms with van der Waals surface area (Å²) in [6.45, 7) is 6.50. The largest absolute Gasteiger partial charge is 0.341 e. The Morgan fingerprint density at radius 1 is 1.18 bits per heavy atom. The van der Waals surface area contributed by atoms with Gasteiger partial charge in [-0.1, -0.05) is 19.8 Å². The standard InChI is InChI=1S/C20H31N3O4S/c1-4-6-17-7-5-13-23(14-12-17)20(25)15(2)22-28(26,27)19-10-8-18(9-11-19)21-16(3)24/h8-11,15,17,22H,4-7,12-14H2,1-3H3,(H,21,24)/t15-,17+/m0/s1. The molecule has 0 saturated carbocycles. The minimum absolute atomic E-state index is 0.0557. The zero-order chi connectivity index (χ0) is 20.7. The molecule has 1 aromatic carbocycles. The number of carbonyl (C=O) groups excluding carboxylic acids is 2. The van der Waals surface area contributed by atoms with Crippen LogP contribution < -0.4 is 10.0 Å². The van der Waals surface area contributed by atoms with Crippen LogP contribution in [0.15, 0.2) is 29.2 Å². The molecule has 2 atom stereocenters. The first-order chi connectivity index (χ1) is 13.2. The molecule has 0 bridgehead atoms. The molecule has 28 heavy (non-hydrogen) atoms. The Morgan fingerprint density at radius 3 is 2.46 bits per heavy atom. The first-order valence-corrected chi connectivity index (χ1v) is 11.4. The molecule has 2 rings (SSSR count). The van der Waals surface area contributed by atoms with Crippen LogP contribution in [0.4, 0.5) is 5.69 Å². The van der Waals surface area contributed by atoms with Crippen molar-refractivity contribution < 1.29 is 18.0 Å². The maximum atomic E-state index is 12.8. The third-order valence-electron chi connectivity index (χ3n) is 5.04. The number of anilines is 1. The number of rotatable bonds is 7. The lowest BCUT2D eigenvalue weighted by Crippen LogP contribution is -2.47. The van der Waals surface area contributed by atoms with Crippen molar-refractivity contribution in [2.45, 2.75) is 63.8 Å². The third-order valence-corrected chi connectivity index (χ3v) is 6.60. The molecule has 7 nitrogen and oxygen atoms in total. The lowest BCUT2D eigenvalue weighted by molar-refractivity contribution is -0.132. The maximum absolute atomic E-state index is 12.8. The molecule has 1 saturated heterocycles. The van der Waals surface area contributed by atoms with Gasteiger partial charge in [-0.2, -0.15) is 4.72 Å².